The lowest BCUT2D eigenvalue weighted by Crippen LogP contribution is -2.39. The molecular weight excluding hydrogens is 392 g/mol. The highest BCUT2D eigenvalue weighted by Gasteiger charge is 2.43. The Bertz CT molecular complexity index is 669. The Morgan fingerprint density at radius 1 is 1.11 bits per heavy atom. The zero-order chi connectivity index (χ0) is 20.8. The third kappa shape index (κ3) is 4.78. The maximum absolute atomic E-state index is 12.2. The average Bonchev–Trinajstić information content (AvgIpc) is 3.17. The molecule has 2 heterocycles. The van der Waals surface area contributed by atoms with Gasteiger partial charge in [0.15, 0.2) is 0 Å². The molecule has 2 aliphatic heterocycles. The van der Waals surface area contributed by atoms with Crippen LogP contribution < -0.4 is 0 Å². The lowest BCUT2D eigenvalue weighted by molar-refractivity contribution is -0.201. The Kier molecular flexibility index (Phi) is 7.72. The Balaban J connectivity index is 0.00000136. The Morgan fingerprint density at radius 2 is 1.68 bits per heavy atom. The summed E-state index contributed by atoms with van der Waals surface area (Å²) >= 11 is 0.258. The van der Waals surface area contributed by atoms with Gasteiger partial charge in [-0.1, -0.05) is 0 Å². The fraction of sp³-hybridized carbons (Fsp3) is 0.588. The molecule has 0 radical (unpaired) electrons. The summed E-state index contributed by atoms with van der Waals surface area (Å²) in [7, 11) is 1.00. The van der Waals surface area contributed by atoms with Gasteiger partial charge < -0.3 is 14.5 Å². The molecule has 4 amide bonds. The minimum Gasteiger partial charge on any atom is -0.400 e. The first-order valence-corrected chi connectivity index (χ1v) is 9.61. The zero-order valence-electron chi connectivity index (χ0n) is 15.3. The van der Waals surface area contributed by atoms with Crippen LogP contribution in [0, 0.1) is 11.8 Å². The maximum atomic E-state index is 12.2. The summed E-state index contributed by atoms with van der Waals surface area (Å²) in [4.78, 5) is 65.1. The van der Waals surface area contributed by atoms with Gasteiger partial charge in [-0.25, -0.2) is 4.79 Å². The standard InChI is InChI=1S/C16H18N2O7S.CH4O/c19-12-5-6-13(20)17(12)8-9-1-3-10(4-2-9)16(23)25-18-14(21)7-11(26-24)15(18)22;1-2/h5-6,9-11,24H,1-4,7-8H2;2H,1H3. The van der Waals surface area contributed by atoms with Crippen LogP contribution in [0.5, 0.6) is 0 Å². The molecule has 0 aromatic heterocycles. The van der Waals surface area contributed by atoms with Crippen LogP contribution in [0.25, 0.3) is 0 Å². The average molecular weight is 414 g/mol. The monoisotopic (exact) mass is 414 g/mol. The fourth-order valence-electron chi connectivity index (χ4n) is 3.38. The van der Waals surface area contributed by atoms with Crippen molar-refractivity contribution in [2.75, 3.05) is 13.7 Å². The second-order valence-electron chi connectivity index (χ2n) is 6.57. The molecule has 0 aromatic rings. The quantitative estimate of drug-likeness (QED) is 0.474. The largest absolute Gasteiger partial charge is 0.400 e. The van der Waals surface area contributed by atoms with Crippen LogP contribution in [0.2, 0.25) is 0 Å². The van der Waals surface area contributed by atoms with Gasteiger partial charge >= 0.3 is 5.97 Å². The van der Waals surface area contributed by atoms with E-state index in [1.807, 2.05) is 0 Å². The van der Waals surface area contributed by atoms with Gasteiger partial charge in [-0.3, -0.25) is 24.1 Å². The molecule has 10 nitrogen and oxygen atoms in total. The van der Waals surface area contributed by atoms with Crippen molar-refractivity contribution in [2.24, 2.45) is 11.8 Å². The smallest absolute Gasteiger partial charge is 0.336 e. The minimum absolute atomic E-state index is 0.108. The van der Waals surface area contributed by atoms with Gasteiger partial charge in [0, 0.05) is 37.8 Å². The Morgan fingerprint density at radius 3 is 2.18 bits per heavy atom. The highest BCUT2D eigenvalue weighted by molar-refractivity contribution is 7.95. The van der Waals surface area contributed by atoms with Gasteiger partial charge in [0.25, 0.3) is 23.6 Å². The number of carbonyl (C=O) groups is 5. The molecule has 1 saturated heterocycles. The van der Waals surface area contributed by atoms with Crippen molar-refractivity contribution in [1.82, 2.24) is 9.96 Å². The molecule has 0 spiro atoms. The lowest BCUT2D eigenvalue weighted by atomic mass is 9.82. The molecule has 3 aliphatic rings. The van der Waals surface area contributed by atoms with E-state index in [4.69, 9.17) is 14.5 Å². The molecule has 1 atom stereocenters. The van der Waals surface area contributed by atoms with Crippen LogP contribution in [0.4, 0.5) is 0 Å². The third-order valence-electron chi connectivity index (χ3n) is 4.89. The summed E-state index contributed by atoms with van der Waals surface area (Å²) in [6, 6.07) is 0. The normalized spacial score (nSPS) is 27.2. The van der Waals surface area contributed by atoms with Gasteiger partial charge in [-0.2, -0.15) is 0 Å². The topological polar surface area (TPSA) is 142 Å². The molecule has 1 aliphatic carbocycles. The number of hydrogen-bond donors (Lipinski definition) is 2. The molecule has 1 saturated carbocycles. The highest BCUT2D eigenvalue weighted by Crippen LogP contribution is 2.32. The van der Waals surface area contributed by atoms with E-state index < -0.39 is 29.0 Å². The van der Waals surface area contributed by atoms with Gasteiger partial charge in [0.05, 0.1) is 12.3 Å². The lowest BCUT2D eigenvalue weighted by Gasteiger charge is -2.29. The van der Waals surface area contributed by atoms with Gasteiger partial charge in [-0.15, -0.1) is 5.06 Å². The second kappa shape index (κ2) is 9.80. The predicted octanol–water partition coefficient (Wildman–Crippen LogP) is 0.118. The van der Waals surface area contributed by atoms with E-state index in [0.29, 0.717) is 37.3 Å². The van der Waals surface area contributed by atoms with E-state index in [9.17, 15) is 24.0 Å². The Hall–Kier alpha value is -2.24. The van der Waals surface area contributed by atoms with Crippen LogP contribution in [0.15, 0.2) is 12.2 Å². The van der Waals surface area contributed by atoms with Crippen LogP contribution in [0.3, 0.4) is 0 Å². The number of aliphatic hydroxyl groups is 1. The van der Waals surface area contributed by atoms with Crippen LogP contribution in [-0.4, -0.2) is 68.1 Å². The number of aliphatic hydroxyl groups excluding tert-OH is 1. The third-order valence-corrected chi connectivity index (χ3v) is 5.51. The predicted molar refractivity (Wildman–Crippen MR) is 96.0 cm³/mol. The summed E-state index contributed by atoms with van der Waals surface area (Å²) in [5.41, 5.74) is 0. The zero-order valence-corrected chi connectivity index (χ0v) is 16.1. The van der Waals surface area contributed by atoms with E-state index in [0.717, 1.165) is 7.11 Å². The van der Waals surface area contributed by atoms with Crippen LogP contribution in [-0.2, 0) is 28.8 Å². The van der Waals surface area contributed by atoms with Gasteiger partial charge in [0.2, 0.25) is 0 Å². The van der Waals surface area contributed by atoms with Crippen molar-refractivity contribution in [3.05, 3.63) is 12.2 Å². The molecule has 1 unspecified atom stereocenters. The first-order chi connectivity index (χ1) is 13.4. The number of nitrogens with zero attached hydrogens (tertiary/aromatic N) is 2. The van der Waals surface area contributed by atoms with Crippen molar-refractivity contribution in [3.8, 4) is 0 Å². The SMILES string of the molecule is CO.O=C(ON1C(=O)CC(SO)C1=O)C1CCC(CN2C(=O)C=CC2=O)CC1. The number of hydrogen-bond acceptors (Lipinski definition) is 9. The second-order valence-corrected chi connectivity index (χ2v) is 7.35. The molecule has 3 rings (SSSR count). The van der Waals surface area contributed by atoms with Gasteiger partial charge in [-0.05, 0) is 31.6 Å². The van der Waals surface area contributed by atoms with E-state index in [1.54, 1.807) is 0 Å². The molecule has 28 heavy (non-hydrogen) atoms. The number of imide groups is 2. The molecule has 2 fully saturated rings. The number of amides is 4. The summed E-state index contributed by atoms with van der Waals surface area (Å²) in [6.07, 6.45) is 4.53. The molecular formula is C17H22N2O8S. The highest BCUT2D eigenvalue weighted by atomic mass is 32.2. The first kappa shape index (κ1) is 22.1. The first-order valence-electron chi connectivity index (χ1n) is 8.77. The minimum atomic E-state index is -0.935. The van der Waals surface area contributed by atoms with E-state index >= 15 is 0 Å². The van der Waals surface area contributed by atoms with E-state index in [2.05, 4.69) is 0 Å². The van der Waals surface area contributed by atoms with Crippen molar-refractivity contribution < 1.29 is 38.5 Å². The summed E-state index contributed by atoms with van der Waals surface area (Å²) < 4.78 is 8.96. The molecule has 2 N–H and O–H groups in total. The van der Waals surface area contributed by atoms with Crippen LogP contribution in [0.1, 0.15) is 32.1 Å². The molecule has 154 valence electrons. The summed E-state index contributed by atoms with van der Waals surface area (Å²) in [5.74, 6) is -3.01. The summed E-state index contributed by atoms with van der Waals surface area (Å²) in [6.45, 7) is 0.324. The maximum Gasteiger partial charge on any atom is 0.336 e. The fourth-order valence-corrected chi connectivity index (χ4v) is 3.78. The van der Waals surface area contributed by atoms with Gasteiger partial charge in [0.1, 0.15) is 5.25 Å². The number of rotatable bonds is 5. The molecule has 0 aromatic carbocycles. The van der Waals surface area contributed by atoms with E-state index in [-0.39, 0.29) is 36.2 Å². The number of hydroxylamine groups is 2. The molecule has 11 heteroatoms. The number of carbonyl (C=O) groups excluding carboxylic acids is 5. The van der Waals surface area contributed by atoms with Crippen molar-refractivity contribution in [3.63, 3.8) is 0 Å². The molecule has 0 bridgehead atoms. The van der Waals surface area contributed by atoms with Crippen molar-refractivity contribution >= 4 is 41.6 Å². The van der Waals surface area contributed by atoms with Crippen molar-refractivity contribution in [1.29, 1.82) is 0 Å². The summed E-state index contributed by atoms with van der Waals surface area (Å²) in [5, 5.41) is 6.51. The Labute approximate surface area is 165 Å². The van der Waals surface area contributed by atoms with E-state index in [1.165, 1.54) is 17.1 Å². The van der Waals surface area contributed by atoms with Crippen LogP contribution >= 0.6 is 12.0 Å². The van der Waals surface area contributed by atoms with Crippen molar-refractivity contribution in [2.45, 2.75) is 37.4 Å².